The molecular weight excluding hydrogens is 394 g/mol. The van der Waals surface area contributed by atoms with E-state index in [9.17, 15) is 0 Å². The fourth-order valence-corrected chi connectivity index (χ4v) is 4.21. The first-order chi connectivity index (χ1) is 15.9. The van der Waals surface area contributed by atoms with Crippen molar-refractivity contribution in [2.75, 3.05) is 0 Å². The molecule has 0 radical (unpaired) electrons. The molecule has 5 nitrogen and oxygen atoms in total. The van der Waals surface area contributed by atoms with Crippen molar-refractivity contribution in [1.82, 2.24) is 15.0 Å². The smallest absolute Gasteiger partial charge is 0.167 e. The zero-order valence-corrected chi connectivity index (χ0v) is 17.3. The van der Waals surface area contributed by atoms with Crippen molar-refractivity contribution in [3.63, 3.8) is 0 Å². The fourth-order valence-electron chi connectivity index (χ4n) is 4.21. The maximum atomic E-state index is 4.92. The van der Waals surface area contributed by atoms with Gasteiger partial charge in [0.1, 0.15) is 0 Å². The molecule has 3 aromatic carbocycles. The summed E-state index contributed by atoms with van der Waals surface area (Å²) in [7, 11) is 0. The molecule has 3 heterocycles. The van der Waals surface area contributed by atoms with E-state index in [1.165, 1.54) is 0 Å². The molecule has 32 heavy (non-hydrogen) atoms. The summed E-state index contributed by atoms with van der Waals surface area (Å²) >= 11 is 0. The van der Waals surface area contributed by atoms with Gasteiger partial charge in [-0.1, -0.05) is 54.6 Å². The summed E-state index contributed by atoms with van der Waals surface area (Å²) in [4.78, 5) is 19.8. The Labute approximate surface area is 184 Å². The number of nitrogens with zero attached hydrogens (tertiary/aromatic N) is 2. The van der Waals surface area contributed by atoms with Gasteiger partial charge < -0.3 is 15.0 Å². The van der Waals surface area contributed by atoms with Crippen LogP contribution in [0.3, 0.4) is 0 Å². The molecule has 0 aliphatic heterocycles. The monoisotopic (exact) mass is 415 g/mol. The van der Waals surface area contributed by atoms with Gasteiger partial charge in [-0.2, -0.15) is 0 Å². The van der Waals surface area contributed by atoms with Gasteiger partial charge in [0, 0.05) is 80.4 Å². The molecule has 0 bridgehead atoms. The normalized spacial score (nSPS) is 13.2. The van der Waals surface area contributed by atoms with Crippen molar-refractivity contribution in [2.45, 2.75) is 6.17 Å². The maximum Gasteiger partial charge on any atom is 0.167 e. The second-order valence-electron chi connectivity index (χ2n) is 7.80. The van der Waals surface area contributed by atoms with E-state index in [2.05, 4.69) is 51.4 Å². The van der Waals surface area contributed by atoms with Crippen LogP contribution in [0.2, 0.25) is 0 Å². The molecule has 5 heteroatoms. The number of para-hydroxylation sites is 3. The van der Waals surface area contributed by atoms with Crippen LogP contribution in [-0.4, -0.2) is 27.4 Å². The second-order valence-corrected chi connectivity index (χ2v) is 7.80. The van der Waals surface area contributed by atoms with Crippen LogP contribution < -0.4 is 0 Å². The molecule has 6 aromatic rings. The molecule has 0 spiro atoms. The number of H-pyrrole nitrogens is 3. The van der Waals surface area contributed by atoms with Crippen LogP contribution in [0.1, 0.15) is 22.9 Å². The largest absolute Gasteiger partial charge is 0.361 e. The van der Waals surface area contributed by atoms with Crippen molar-refractivity contribution in [3.8, 4) is 0 Å². The molecule has 3 aromatic heterocycles. The Bertz CT molecular complexity index is 1510. The lowest BCUT2D eigenvalue weighted by molar-refractivity contribution is 0.795. The van der Waals surface area contributed by atoms with Crippen molar-refractivity contribution >= 4 is 45.1 Å². The first kappa shape index (κ1) is 18.4. The third-order valence-electron chi connectivity index (χ3n) is 5.85. The van der Waals surface area contributed by atoms with Crippen molar-refractivity contribution in [1.29, 1.82) is 0 Å². The number of aromatic nitrogens is 3. The second kappa shape index (κ2) is 7.71. The van der Waals surface area contributed by atoms with Gasteiger partial charge >= 0.3 is 0 Å². The predicted molar refractivity (Wildman–Crippen MR) is 133 cm³/mol. The van der Waals surface area contributed by atoms with Gasteiger partial charge in [-0.05, 0) is 18.2 Å². The number of rotatable bonds is 5. The summed E-state index contributed by atoms with van der Waals surface area (Å²) < 4.78 is 0. The minimum atomic E-state index is -0.367. The number of aromatic amines is 3. The lowest BCUT2D eigenvalue weighted by Crippen LogP contribution is -1.94. The Morgan fingerprint density at radius 2 is 0.969 bits per heavy atom. The Hall–Kier alpha value is -4.38. The van der Waals surface area contributed by atoms with Gasteiger partial charge in [-0.25, -0.2) is 0 Å². The number of benzene rings is 3. The number of aliphatic imine (C=N–C) groups is 2. The summed E-state index contributed by atoms with van der Waals surface area (Å²) in [6, 6.07) is 24.7. The van der Waals surface area contributed by atoms with Crippen LogP contribution in [0, 0.1) is 0 Å². The van der Waals surface area contributed by atoms with Gasteiger partial charge in [0.05, 0.1) is 0 Å². The molecule has 6 rings (SSSR count). The van der Waals surface area contributed by atoms with E-state index in [4.69, 9.17) is 9.98 Å². The minimum absolute atomic E-state index is 0.367. The molecule has 0 saturated carbocycles. The topological polar surface area (TPSA) is 72.1 Å². The van der Waals surface area contributed by atoms with Gasteiger partial charge in [0.2, 0.25) is 0 Å². The molecule has 0 aliphatic rings. The summed E-state index contributed by atoms with van der Waals surface area (Å²) in [6.45, 7) is 0. The standard InChI is InChI=1S/C27H21N5/c1-4-10-24-20(7-1)18(13-28-24)15-31-27(23-17-30-26-12-6-3-9-22(23)26)32-16-19-14-29-25-11-5-2-8-21(19)25/h1-17,27-30H. The van der Waals surface area contributed by atoms with Gasteiger partial charge in [-0.3, -0.25) is 9.98 Å². The molecule has 0 aliphatic carbocycles. The molecule has 154 valence electrons. The lowest BCUT2D eigenvalue weighted by Gasteiger charge is -2.07. The maximum absolute atomic E-state index is 4.92. The Kier molecular flexibility index (Phi) is 4.43. The van der Waals surface area contributed by atoms with Crippen LogP contribution in [0.4, 0.5) is 0 Å². The highest BCUT2D eigenvalue weighted by Crippen LogP contribution is 2.28. The van der Waals surface area contributed by atoms with E-state index in [0.717, 1.165) is 49.4 Å². The Balaban J connectivity index is 1.43. The number of hydrogen-bond donors (Lipinski definition) is 3. The van der Waals surface area contributed by atoms with E-state index in [1.54, 1.807) is 0 Å². The highest BCUT2D eigenvalue weighted by atomic mass is 15.0. The van der Waals surface area contributed by atoms with Crippen LogP contribution in [0.5, 0.6) is 0 Å². The van der Waals surface area contributed by atoms with Crippen LogP contribution in [0.25, 0.3) is 32.7 Å². The predicted octanol–water partition coefficient (Wildman–Crippen LogP) is 6.37. The van der Waals surface area contributed by atoms with E-state index in [0.29, 0.717) is 0 Å². The highest BCUT2D eigenvalue weighted by Gasteiger charge is 2.13. The zero-order valence-electron chi connectivity index (χ0n) is 17.3. The summed E-state index contributed by atoms with van der Waals surface area (Å²) in [6.07, 6.45) is 9.45. The van der Waals surface area contributed by atoms with Gasteiger partial charge in [0.25, 0.3) is 0 Å². The molecule has 0 unspecified atom stereocenters. The molecule has 0 saturated heterocycles. The van der Waals surface area contributed by atoms with Crippen LogP contribution in [0.15, 0.2) is 101 Å². The van der Waals surface area contributed by atoms with Crippen molar-refractivity contribution in [3.05, 3.63) is 108 Å². The summed E-state index contributed by atoms with van der Waals surface area (Å²) in [5, 5.41) is 3.42. The van der Waals surface area contributed by atoms with Crippen LogP contribution >= 0.6 is 0 Å². The quantitative estimate of drug-likeness (QED) is 0.274. The van der Waals surface area contributed by atoms with Crippen molar-refractivity contribution < 1.29 is 0 Å². The van der Waals surface area contributed by atoms with E-state index >= 15 is 0 Å². The highest BCUT2D eigenvalue weighted by molar-refractivity contribution is 6.00. The van der Waals surface area contributed by atoms with Crippen LogP contribution in [-0.2, 0) is 0 Å². The third kappa shape index (κ3) is 3.20. The van der Waals surface area contributed by atoms with E-state index in [1.807, 2.05) is 67.4 Å². The van der Waals surface area contributed by atoms with Crippen molar-refractivity contribution in [2.24, 2.45) is 9.98 Å². The number of hydrogen-bond acceptors (Lipinski definition) is 2. The fraction of sp³-hybridized carbons (Fsp3) is 0.0370. The number of fused-ring (bicyclic) bond motifs is 3. The Morgan fingerprint density at radius 3 is 1.53 bits per heavy atom. The lowest BCUT2D eigenvalue weighted by atomic mass is 10.1. The number of nitrogens with one attached hydrogen (secondary N) is 3. The summed E-state index contributed by atoms with van der Waals surface area (Å²) in [5.41, 5.74) is 6.42. The SMILES string of the molecule is C(=NC(N=Cc1c[nH]c2ccccc12)c1c[nH]c2ccccc12)c1c[nH]c2ccccc12. The zero-order chi connectivity index (χ0) is 21.3. The minimum Gasteiger partial charge on any atom is -0.361 e. The average Bonchev–Trinajstić information content (AvgIpc) is 3.56. The van der Waals surface area contributed by atoms with E-state index < -0.39 is 0 Å². The molecule has 0 amide bonds. The van der Waals surface area contributed by atoms with E-state index in [-0.39, 0.29) is 6.17 Å². The molecular formula is C27H21N5. The van der Waals surface area contributed by atoms with Gasteiger partial charge in [-0.15, -0.1) is 0 Å². The van der Waals surface area contributed by atoms with Gasteiger partial charge in [0.15, 0.2) is 6.17 Å². The summed E-state index contributed by atoms with van der Waals surface area (Å²) in [5.74, 6) is 0. The molecule has 3 N–H and O–H groups in total. The third-order valence-corrected chi connectivity index (χ3v) is 5.85. The first-order valence-electron chi connectivity index (χ1n) is 10.6. The molecule has 0 atom stereocenters. The average molecular weight is 416 g/mol. The molecule has 0 fully saturated rings. The Morgan fingerprint density at radius 1 is 0.531 bits per heavy atom. The first-order valence-corrected chi connectivity index (χ1v) is 10.6.